The Morgan fingerprint density at radius 1 is 1.27 bits per heavy atom. The van der Waals surface area contributed by atoms with Crippen LogP contribution in [0.3, 0.4) is 0 Å². The second-order valence-electron chi connectivity index (χ2n) is 11.8. The molecule has 0 aliphatic heterocycles. The Hall–Kier alpha value is -1.92. The van der Waals surface area contributed by atoms with Crippen molar-refractivity contribution in [2.45, 2.75) is 89.8 Å². The van der Waals surface area contributed by atoms with Crippen molar-refractivity contribution in [2.75, 3.05) is 0 Å². The predicted octanol–water partition coefficient (Wildman–Crippen LogP) is 4.38. The quantitative estimate of drug-likeness (QED) is 0.621. The van der Waals surface area contributed by atoms with Crippen molar-refractivity contribution in [3.05, 3.63) is 35.3 Å². The van der Waals surface area contributed by atoms with Gasteiger partial charge in [-0.3, -0.25) is 9.59 Å². The van der Waals surface area contributed by atoms with Crippen LogP contribution in [0.25, 0.3) is 0 Å². The third-order valence-electron chi connectivity index (χ3n) is 10.1. The highest BCUT2D eigenvalue weighted by Gasteiger charge is 2.68. The lowest BCUT2D eigenvalue weighted by Crippen LogP contribution is -2.61. The predicted molar refractivity (Wildman–Crippen MR) is 121 cm³/mol. The lowest BCUT2D eigenvalue weighted by molar-refractivity contribution is -0.180. The molecule has 3 N–H and O–H groups in total. The van der Waals surface area contributed by atoms with Crippen LogP contribution in [0.5, 0.6) is 0 Å². The van der Waals surface area contributed by atoms with Gasteiger partial charge in [0, 0.05) is 24.2 Å². The number of aryl methyl sites for hydroxylation is 1. The number of aliphatic hydroxyl groups is 2. The Bertz CT molecular complexity index is 1010. The summed E-state index contributed by atoms with van der Waals surface area (Å²) >= 11 is 0. The number of aliphatic carboxylic acids is 1. The standard InChI is InChI=1S/C27H36O6/c1-15-10-21(33-14-15)18-12-16-11-17(28)4-7-25(16,2)24-20(29)13-26(3)19(23(18)24)5-8-27(26,32)9-6-22(30)31/h10-11,14,18-20,23-24,29,32H,4-9,12-13H2,1-3H3,(H,30,31)/t18-,19-,20+,23-,24-,25-,26-,27+/m0/s1. The molecule has 1 aromatic heterocycles. The second kappa shape index (κ2) is 7.54. The van der Waals surface area contributed by atoms with Crippen LogP contribution in [0.2, 0.25) is 0 Å². The molecule has 5 rings (SSSR count). The van der Waals surface area contributed by atoms with Crippen molar-refractivity contribution in [3.8, 4) is 0 Å². The van der Waals surface area contributed by atoms with Gasteiger partial charge >= 0.3 is 5.97 Å². The highest BCUT2D eigenvalue weighted by Crippen LogP contribution is 2.70. The zero-order chi connectivity index (χ0) is 23.8. The van der Waals surface area contributed by atoms with Crippen molar-refractivity contribution < 1.29 is 29.3 Å². The van der Waals surface area contributed by atoms with Gasteiger partial charge < -0.3 is 19.7 Å². The normalized spacial score (nSPS) is 44.6. The first-order valence-electron chi connectivity index (χ1n) is 12.4. The average Bonchev–Trinajstić information content (AvgIpc) is 3.27. The topological polar surface area (TPSA) is 108 Å². The van der Waals surface area contributed by atoms with Gasteiger partial charge in [-0.2, -0.15) is 0 Å². The molecular formula is C27H36O6. The van der Waals surface area contributed by atoms with E-state index in [4.69, 9.17) is 4.42 Å². The maximum Gasteiger partial charge on any atom is 0.303 e. The lowest BCUT2D eigenvalue weighted by atomic mass is 9.43. The molecule has 0 aromatic carbocycles. The van der Waals surface area contributed by atoms with Gasteiger partial charge in [-0.1, -0.05) is 19.4 Å². The number of carboxylic acids is 1. The van der Waals surface area contributed by atoms with Crippen molar-refractivity contribution >= 4 is 11.8 Å². The number of aliphatic hydroxyl groups excluding tert-OH is 1. The first kappa shape index (κ1) is 22.9. The Morgan fingerprint density at radius 2 is 2.03 bits per heavy atom. The summed E-state index contributed by atoms with van der Waals surface area (Å²) in [6, 6.07) is 2.07. The first-order valence-corrected chi connectivity index (χ1v) is 12.4. The summed E-state index contributed by atoms with van der Waals surface area (Å²) in [4.78, 5) is 23.7. The van der Waals surface area contributed by atoms with Gasteiger partial charge in [0.15, 0.2) is 5.78 Å². The van der Waals surface area contributed by atoms with E-state index in [1.54, 1.807) is 6.26 Å². The Labute approximate surface area is 195 Å². The Morgan fingerprint density at radius 3 is 2.70 bits per heavy atom. The van der Waals surface area contributed by atoms with E-state index in [2.05, 4.69) is 19.9 Å². The summed E-state index contributed by atoms with van der Waals surface area (Å²) in [6.45, 7) is 6.28. The summed E-state index contributed by atoms with van der Waals surface area (Å²) in [7, 11) is 0. The number of carbonyl (C=O) groups is 2. The molecule has 1 heterocycles. The molecule has 0 radical (unpaired) electrons. The summed E-state index contributed by atoms with van der Waals surface area (Å²) in [6.07, 6.45) is 6.87. The van der Waals surface area contributed by atoms with Crippen LogP contribution in [0.4, 0.5) is 0 Å². The number of ketones is 1. The smallest absolute Gasteiger partial charge is 0.303 e. The first-order chi connectivity index (χ1) is 15.5. The van der Waals surface area contributed by atoms with E-state index in [1.807, 2.05) is 13.0 Å². The summed E-state index contributed by atoms with van der Waals surface area (Å²) in [5.74, 6) is 0.390. The maximum absolute atomic E-state index is 12.4. The zero-order valence-electron chi connectivity index (χ0n) is 19.8. The minimum absolute atomic E-state index is 0.0232. The number of rotatable bonds is 4. The third kappa shape index (κ3) is 3.28. The molecule has 8 atom stereocenters. The monoisotopic (exact) mass is 456 g/mol. The van der Waals surface area contributed by atoms with Gasteiger partial charge in [-0.05, 0) is 86.3 Å². The molecule has 0 amide bonds. The average molecular weight is 457 g/mol. The molecule has 6 nitrogen and oxygen atoms in total. The maximum atomic E-state index is 12.4. The molecule has 0 bridgehead atoms. The van der Waals surface area contributed by atoms with Gasteiger partial charge in [0.05, 0.1) is 18.0 Å². The van der Waals surface area contributed by atoms with E-state index < -0.39 is 23.1 Å². The fraction of sp³-hybridized carbons (Fsp3) is 0.704. The highest BCUT2D eigenvalue weighted by atomic mass is 16.4. The van der Waals surface area contributed by atoms with Gasteiger partial charge in [0.25, 0.3) is 0 Å². The molecule has 33 heavy (non-hydrogen) atoms. The molecule has 4 aliphatic carbocycles. The number of carbonyl (C=O) groups excluding carboxylic acids is 1. The minimum atomic E-state index is -1.11. The van der Waals surface area contributed by atoms with Crippen LogP contribution in [0.15, 0.2) is 28.4 Å². The van der Waals surface area contributed by atoms with Gasteiger partial charge in [0.2, 0.25) is 0 Å². The van der Waals surface area contributed by atoms with E-state index in [9.17, 15) is 24.9 Å². The van der Waals surface area contributed by atoms with Gasteiger partial charge in [-0.15, -0.1) is 0 Å². The summed E-state index contributed by atoms with van der Waals surface area (Å²) in [5, 5.41) is 32.7. The molecule has 6 heteroatoms. The van der Waals surface area contributed by atoms with E-state index >= 15 is 0 Å². The summed E-state index contributed by atoms with van der Waals surface area (Å²) in [5.41, 5.74) is 0.253. The van der Waals surface area contributed by atoms with Gasteiger partial charge in [0.1, 0.15) is 5.76 Å². The summed E-state index contributed by atoms with van der Waals surface area (Å²) < 4.78 is 6.01. The molecule has 3 fully saturated rings. The number of fused-ring (bicyclic) bond motifs is 5. The van der Waals surface area contributed by atoms with Crippen molar-refractivity contribution in [2.24, 2.45) is 28.6 Å². The molecule has 4 aliphatic rings. The Balaban J connectivity index is 1.61. The number of furan rings is 1. The number of hydrogen-bond acceptors (Lipinski definition) is 5. The van der Waals surface area contributed by atoms with Crippen LogP contribution in [-0.2, 0) is 9.59 Å². The van der Waals surface area contributed by atoms with Crippen LogP contribution < -0.4 is 0 Å². The minimum Gasteiger partial charge on any atom is -0.481 e. The van der Waals surface area contributed by atoms with E-state index in [1.165, 1.54) is 0 Å². The van der Waals surface area contributed by atoms with Crippen molar-refractivity contribution in [1.82, 2.24) is 0 Å². The molecule has 0 unspecified atom stereocenters. The van der Waals surface area contributed by atoms with E-state index in [-0.39, 0.29) is 47.7 Å². The molecule has 0 spiro atoms. The van der Waals surface area contributed by atoms with E-state index in [0.717, 1.165) is 36.2 Å². The second-order valence-corrected chi connectivity index (χ2v) is 11.8. The van der Waals surface area contributed by atoms with Crippen LogP contribution in [0.1, 0.15) is 82.5 Å². The van der Waals surface area contributed by atoms with Crippen LogP contribution in [-0.4, -0.2) is 38.8 Å². The van der Waals surface area contributed by atoms with Gasteiger partial charge in [-0.25, -0.2) is 0 Å². The third-order valence-corrected chi connectivity index (χ3v) is 10.1. The Kier molecular flexibility index (Phi) is 5.22. The fourth-order valence-corrected chi connectivity index (χ4v) is 8.43. The number of carboxylic acid groups (broad SMARTS) is 1. The molecule has 1 aromatic rings. The highest BCUT2D eigenvalue weighted by molar-refractivity contribution is 5.91. The molecular weight excluding hydrogens is 420 g/mol. The fourth-order valence-electron chi connectivity index (χ4n) is 8.43. The SMILES string of the molecule is Cc1coc([C@@H]2CC3=CC(=O)CC[C@]3(C)[C@@H]3[C@@H]2[C@@H]2CC[C@@](O)(CCC(=O)O)[C@@]2(C)C[C@H]3O)c1. The largest absolute Gasteiger partial charge is 0.481 e. The van der Waals surface area contributed by atoms with Crippen molar-refractivity contribution in [1.29, 1.82) is 0 Å². The number of hydrogen-bond donors (Lipinski definition) is 3. The van der Waals surface area contributed by atoms with Crippen LogP contribution >= 0.6 is 0 Å². The molecule has 180 valence electrons. The van der Waals surface area contributed by atoms with E-state index in [0.29, 0.717) is 19.3 Å². The molecule has 3 saturated carbocycles. The number of allylic oxidation sites excluding steroid dienone is 1. The van der Waals surface area contributed by atoms with Crippen molar-refractivity contribution in [3.63, 3.8) is 0 Å². The molecule has 0 saturated heterocycles. The lowest BCUT2D eigenvalue weighted by Gasteiger charge is -2.62. The van der Waals surface area contributed by atoms with Crippen LogP contribution in [0, 0.1) is 35.5 Å². The zero-order valence-corrected chi connectivity index (χ0v) is 19.8.